The topological polar surface area (TPSA) is 55.4 Å². The summed E-state index contributed by atoms with van der Waals surface area (Å²) >= 11 is 0. The first-order valence-corrected chi connectivity index (χ1v) is 7.79. The van der Waals surface area contributed by atoms with Crippen molar-refractivity contribution in [2.24, 2.45) is 16.6 Å². The molecular weight excluding hydrogens is 236 g/mol. The Bertz CT molecular complexity index is 289. The van der Waals surface area contributed by atoms with E-state index in [0.717, 1.165) is 44.9 Å². The van der Waals surface area contributed by atoms with Crippen LogP contribution in [0.4, 0.5) is 0 Å². The molecular formula is C16H32N2O. The summed E-state index contributed by atoms with van der Waals surface area (Å²) in [5.41, 5.74) is 5.52. The zero-order valence-electron chi connectivity index (χ0n) is 13.5. The zero-order valence-corrected chi connectivity index (χ0v) is 13.5. The van der Waals surface area contributed by atoms with Crippen molar-refractivity contribution in [2.45, 2.75) is 85.1 Å². The Balaban J connectivity index is 5.24. The van der Waals surface area contributed by atoms with Gasteiger partial charge in [-0.3, -0.25) is 9.79 Å². The lowest BCUT2D eigenvalue weighted by Gasteiger charge is -2.29. The SMILES string of the molecule is CCCCC(CCCC)(N=C(N)C(C)CC)C(C)=O. The zero-order chi connectivity index (χ0) is 14.9. The highest BCUT2D eigenvalue weighted by atomic mass is 16.1. The number of carbonyl (C=O) groups is 1. The number of ketones is 1. The Kier molecular flexibility index (Phi) is 8.70. The van der Waals surface area contributed by atoms with E-state index in [1.165, 1.54) is 0 Å². The van der Waals surface area contributed by atoms with Crippen LogP contribution in [0.15, 0.2) is 4.99 Å². The van der Waals surface area contributed by atoms with Gasteiger partial charge in [-0.05, 0) is 26.2 Å². The highest BCUT2D eigenvalue weighted by molar-refractivity contribution is 5.91. The predicted molar refractivity (Wildman–Crippen MR) is 83.5 cm³/mol. The van der Waals surface area contributed by atoms with Crippen LogP contribution in [0.2, 0.25) is 0 Å². The Hall–Kier alpha value is -0.860. The van der Waals surface area contributed by atoms with Crippen LogP contribution in [-0.4, -0.2) is 17.2 Å². The van der Waals surface area contributed by atoms with Crippen LogP contribution in [0.25, 0.3) is 0 Å². The van der Waals surface area contributed by atoms with Gasteiger partial charge in [-0.1, -0.05) is 53.4 Å². The molecule has 0 fully saturated rings. The van der Waals surface area contributed by atoms with Crippen LogP contribution in [0.1, 0.15) is 79.6 Å². The predicted octanol–water partition coefficient (Wildman–Crippen LogP) is 4.10. The molecule has 0 amide bonds. The molecule has 0 spiro atoms. The molecule has 3 heteroatoms. The van der Waals surface area contributed by atoms with E-state index in [2.05, 4.69) is 27.7 Å². The van der Waals surface area contributed by atoms with Crippen LogP contribution < -0.4 is 5.73 Å². The molecule has 0 aromatic rings. The lowest BCUT2D eigenvalue weighted by molar-refractivity contribution is -0.122. The summed E-state index contributed by atoms with van der Waals surface area (Å²) in [6.45, 7) is 10.1. The summed E-state index contributed by atoms with van der Waals surface area (Å²) in [4.78, 5) is 16.9. The van der Waals surface area contributed by atoms with E-state index in [9.17, 15) is 4.79 Å². The van der Waals surface area contributed by atoms with Gasteiger partial charge < -0.3 is 5.73 Å². The molecule has 0 heterocycles. The molecule has 0 aliphatic rings. The van der Waals surface area contributed by atoms with E-state index < -0.39 is 5.54 Å². The summed E-state index contributed by atoms with van der Waals surface area (Å²) in [6.07, 6.45) is 6.85. The second-order valence-electron chi connectivity index (χ2n) is 5.64. The second kappa shape index (κ2) is 9.11. The minimum Gasteiger partial charge on any atom is -0.387 e. The Morgan fingerprint density at radius 1 is 1.16 bits per heavy atom. The maximum absolute atomic E-state index is 12.2. The number of nitrogens with zero attached hydrogens (tertiary/aromatic N) is 1. The van der Waals surface area contributed by atoms with Gasteiger partial charge in [0.15, 0.2) is 5.78 Å². The fourth-order valence-corrected chi connectivity index (χ4v) is 2.17. The van der Waals surface area contributed by atoms with Gasteiger partial charge in [0.2, 0.25) is 0 Å². The van der Waals surface area contributed by atoms with E-state index in [1.807, 2.05) is 0 Å². The van der Waals surface area contributed by atoms with Gasteiger partial charge in [-0.2, -0.15) is 0 Å². The number of unbranched alkanes of at least 4 members (excludes halogenated alkanes) is 2. The van der Waals surface area contributed by atoms with Gasteiger partial charge in [0, 0.05) is 5.92 Å². The molecule has 1 unspecified atom stereocenters. The van der Waals surface area contributed by atoms with Crippen molar-refractivity contribution in [3.05, 3.63) is 0 Å². The third kappa shape index (κ3) is 5.75. The molecule has 1 atom stereocenters. The highest BCUT2D eigenvalue weighted by Crippen LogP contribution is 2.28. The fraction of sp³-hybridized carbons (Fsp3) is 0.875. The molecule has 2 N–H and O–H groups in total. The summed E-state index contributed by atoms with van der Waals surface area (Å²) < 4.78 is 0. The maximum Gasteiger partial charge on any atom is 0.157 e. The molecule has 0 aromatic heterocycles. The molecule has 0 radical (unpaired) electrons. The van der Waals surface area contributed by atoms with Crippen molar-refractivity contribution in [1.29, 1.82) is 0 Å². The van der Waals surface area contributed by atoms with Crippen molar-refractivity contribution in [3.8, 4) is 0 Å². The summed E-state index contributed by atoms with van der Waals surface area (Å²) in [5.74, 6) is 1.06. The molecule has 0 bridgehead atoms. The lowest BCUT2D eigenvalue weighted by atomic mass is 9.84. The van der Waals surface area contributed by atoms with E-state index in [-0.39, 0.29) is 11.7 Å². The molecule has 3 nitrogen and oxygen atoms in total. The number of hydrogen-bond donors (Lipinski definition) is 1. The Morgan fingerprint density at radius 3 is 1.95 bits per heavy atom. The van der Waals surface area contributed by atoms with Crippen LogP contribution in [-0.2, 0) is 4.79 Å². The van der Waals surface area contributed by atoms with Crippen molar-refractivity contribution in [1.82, 2.24) is 0 Å². The smallest absolute Gasteiger partial charge is 0.157 e. The normalized spacial score (nSPS) is 14.5. The van der Waals surface area contributed by atoms with Gasteiger partial charge >= 0.3 is 0 Å². The quantitative estimate of drug-likeness (QED) is 0.479. The maximum atomic E-state index is 12.2. The van der Waals surface area contributed by atoms with E-state index >= 15 is 0 Å². The van der Waals surface area contributed by atoms with E-state index in [1.54, 1.807) is 6.92 Å². The average molecular weight is 268 g/mol. The first-order valence-electron chi connectivity index (χ1n) is 7.79. The molecule has 0 aliphatic carbocycles. The largest absolute Gasteiger partial charge is 0.387 e. The van der Waals surface area contributed by atoms with Crippen molar-refractivity contribution >= 4 is 11.6 Å². The number of amidine groups is 1. The minimum absolute atomic E-state index is 0.167. The number of hydrogen-bond acceptors (Lipinski definition) is 2. The molecule has 0 rings (SSSR count). The van der Waals surface area contributed by atoms with Crippen LogP contribution in [0.5, 0.6) is 0 Å². The van der Waals surface area contributed by atoms with Gasteiger partial charge in [0.25, 0.3) is 0 Å². The van der Waals surface area contributed by atoms with Gasteiger partial charge in [-0.25, -0.2) is 0 Å². The van der Waals surface area contributed by atoms with Gasteiger partial charge in [-0.15, -0.1) is 0 Å². The third-order valence-corrected chi connectivity index (χ3v) is 4.00. The monoisotopic (exact) mass is 268 g/mol. The molecule has 19 heavy (non-hydrogen) atoms. The molecule has 0 aliphatic heterocycles. The summed E-state index contributed by atoms with van der Waals surface area (Å²) in [5, 5.41) is 0. The first kappa shape index (κ1) is 18.1. The van der Waals surface area contributed by atoms with Crippen LogP contribution >= 0.6 is 0 Å². The molecule has 112 valence electrons. The number of nitrogens with two attached hydrogens (primary N) is 1. The standard InChI is InChI=1S/C16H32N2O/c1-6-9-11-16(14(5)19,12-10-7-2)18-15(17)13(4)8-3/h13H,6-12H2,1-5H3,(H2,17,18). The Morgan fingerprint density at radius 2 is 1.63 bits per heavy atom. The highest BCUT2D eigenvalue weighted by Gasteiger charge is 2.34. The van der Waals surface area contributed by atoms with Crippen molar-refractivity contribution in [3.63, 3.8) is 0 Å². The van der Waals surface area contributed by atoms with Crippen LogP contribution in [0.3, 0.4) is 0 Å². The van der Waals surface area contributed by atoms with E-state index in [0.29, 0.717) is 5.84 Å². The molecule has 0 saturated carbocycles. The average Bonchev–Trinajstić information content (AvgIpc) is 2.40. The Labute approximate surface area is 119 Å². The van der Waals surface area contributed by atoms with Crippen LogP contribution in [0, 0.1) is 5.92 Å². The molecule has 0 aromatic carbocycles. The number of Topliss-reactive ketones (excluding diaryl/α,β-unsaturated/α-hetero) is 1. The second-order valence-corrected chi connectivity index (χ2v) is 5.64. The van der Waals surface area contributed by atoms with Gasteiger partial charge in [0.05, 0.1) is 5.84 Å². The fourth-order valence-electron chi connectivity index (χ4n) is 2.17. The molecule has 0 saturated heterocycles. The number of aliphatic imine (C=N–C) groups is 1. The summed E-state index contributed by atoms with van der Waals surface area (Å²) in [6, 6.07) is 0. The van der Waals surface area contributed by atoms with Crippen molar-refractivity contribution in [2.75, 3.05) is 0 Å². The summed E-state index contributed by atoms with van der Waals surface area (Å²) in [7, 11) is 0. The number of carbonyl (C=O) groups excluding carboxylic acids is 1. The first-order chi connectivity index (χ1) is 8.93. The lowest BCUT2D eigenvalue weighted by Crippen LogP contribution is -2.39. The minimum atomic E-state index is -0.570. The van der Waals surface area contributed by atoms with Gasteiger partial charge in [0.1, 0.15) is 5.54 Å². The van der Waals surface area contributed by atoms with E-state index in [4.69, 9.17) is 10.7 Å². The van der Waals surface area contributed by atoms with Crippen molar-refractivity contribution < 1.29 is 4.79 Å². The third-order valence-electron chi connectivity index (χ3n) is 4.00. The number of rotatable bonds is 10.